The van der Waals surface area contributed by atoms with Crippen molar-refractivity contribution in [3.05, 3.63) is 23.5 Å². The molecule has 0 atom stereocenters. The number of nitrogens with zero attached hydrogens (tertiary/aromatic N) is 3. The predicted octanol–water partition coefficient (Wildman–Crippen LogP) is 3.35. The van der Waals surface area contributed by atoms with Gasteiger partial charge in [0.2, 0.25) is 5.91 Å². The molecular formula is C17H24ClN3O. The fraction of sp³-hybridized carbons (Fsp3) is 0.647. The summed E-state index contributed by atoms with van der Waals surface area (Å²) in [5.41, 5.74) is 1.02. The third kappa shape index (κ3) is 3.72. The van der Waals surface area contributed by atoms with Gasteiger partial charge >= 0.3 is 0 Å². The Morgan fingerprint density at radius 2 is 1.95 bits per heavy atom. The quantitative estimate of drug-likeness (QED) is 0.853. The number of amides is 1. The third-order valence-electron chi connectivity index (χ3n) is 4.97. The minimum atomic E-state index is 0.326. The van der Waals surface area contributed by atoms with Crippen LogP contribution in [0.4, 0.5) is 5.69 Å². The maximum absolute atomic E-state index is 12.3. The Bertz CT molecular complexity index is 508. The number of carbonyl (C=O) groups is 1. The molecule has 1 saturated carbocycles. The van der Waals surface area contributed by atoms with E-state index in [9.17, 15) is 4.79 Å². The Morgan fingerprint density at radius 3 is 2.64 bits per heavy atom. The van der Waals surface area contributed by atoms with Gasteiger partial charge in [0.05, 0.1) is 10.7 Å². The zero-order chi connectivity index (χ0) is 15.4. The SMILES string of the molecule is O=C(CCC1CCCC1)N1CCN(c2ccncc2Cl)CC1. The smallest absolute Gasteiger partial charge is 0.222 e. The van der Waals surface area contributed by atoms with Crippen molar-refractivity contribution in [2.75, 3.05) is 31.1 Å². The van der Waals surface area contributed by atoms with Crippen LogP contribution < -0.4 is 4.90 Å². The van der Waals surface area contributed by atoms with Gasteiger partial charge in [0.1, 0.15) is 0 Å². The first kappa shape index (κ1) is 15.6. The van der Waals surface area contributed by atoms with Crippen LogP contribution in [0.15, 0.2) is 18.5 Å². The lowest BCUT2D eigenvalue weighted by Crippen LogP contribution is -2.48. The highest BCUT2D eigenvalue weighted by Crippen LogP contribution is 2.29. The molecule has 4 nitrogen and oxygen atoms in total. The van der Waals surface area contributed by atoms with Crippen molar-refractivity contribution in [1.82, 2.24) is 9.88 Å². The zero-order valence-corrected chi connectivity index (χ0v) is 13.8. The van der Waals surface area contributed by atoms with Gasteiger partial charge in [-0.05, 0) is 18.4 Å². The lowest BCUT2D eigenvalue weighted by Gasteiger charge is -2.36. The van der Waals surface area contributed by atoms with Crippen LogP contribution in [-0.2, 0) is 4.79 Å². The van der Waals surface area contributed by atoms with Gasteiger partial charge in [-0.3, -0.25) is 9.78 Å². The monoisotopic (exact) mass is 321 g/mol. The molecule has 0 aromatic carbocycles. The second kappa shape index (κ2) is 7.32. The number of hydrogen-bond acceptors (Lipinski definition) is 3. The molecule has 120 valence electrons. The third-order valence-corrected chi connectivity index (χ3v) is 5.26. The van der Waals surface area contributed by atoms with E-state index in [4.69, 9.17) is 11.6 Å². The first-order valence-electron chi connectivity index (χ1n) is 8.36. The summed E-state index contributed by atoms with van der Waals surface area (Å²) in [5, 5.41) is 0.684. The molecule has 2 aliphatic rings. The van der Waals surface area contributed by atoms with Gasteiger partial charge in [-0.25, -0.2) is 0 Å². The fourth-order valence-corrected chi connectivity index (χ4v) is 3.84. The van der Waals surface area contributed by atoms with Crippen molar-refractivity contribution < 1.29 is 4.79 Å². The van der Waals surface area contributed by atoms with E-state index in [2.05, 4.69) is 9.88 Å². The van der Waals surface area contributed by atoms with Crippen LogP contribution in [0.1, 0.15) is 38.5 Å². The molecule has 0 spiro atoms. The second-order valence-corrected chi connectivity index (χ2v) is 6.79. The molecule has 1 amide bonds. The van der Waals surface area contributed by atoms with Crippen LogP contribution >= 0.6 is 11.6 Å². The van der Waals surface area contributed by atoms with Gasteiger partial charge in [0.25, 0.3) is 0 Å². The summed E-state index contributed by atoms with van der Waals surface area (Å²) in [6.07, 6.45) is 10.6. The van der Waals surface area contributed by atoms with E-state index in [1.807, 2.05) is 11.0 Å². The Morgan fingerprint density at radius 1 is 1.23 bits per heavy atom. The number of aromatic nitrogens is 1. The summed E-state index contributed by atoms with van der Waals surface area (Å²) in [5.74, 6) is 1.12. The minimum Gasteiger partial charge on any atom is -0.367 e. The van der Waals surface area contributed by atoms with Gasteiger partial charge in [0, 0.05) is 45.0 Å². The minimum absolute atomic E-state index is 0.326. The van der Waals surface area contributed by atoms with Crippen LogP contribution in [0.5, 0.6) is 0 Å². The van der Waals surface area contributed by atoms with E-state index in [-0.39, 0.29) is 0 Å². The number of halogens is 1. The molecule has 1 aromatic rings. The zero-order valence-electron chi connectivity index (χ0n) is 13.0. The van der Waals surface area contributed by atoms with E-state index in [1.54, 1.807) is 12.4 Å². The van der Waals surface area contributed by atoms with Gasteiger partial charge in [0.15, 0.2) is 0 Å². The van der Waals surface area contributed by atoms with Crippen LogP contribution in [0.3, 0.4) is 0 Å². The molecule has 1 aliphatic carbocycles. The summed E-state index contributed by atoms with van der Waals surface area (Å²) in [6, 6.07) is 1.94. The summed E-state index contributed by atoms with van der Waals surface area (Å²) in [7, 11) is 0. The molecular weight excluding hydrogens is 298 g/mol. The van der Waals surface area contributed by atoms with E-state index in [0.717, 1.165) is 50.6 Å². The van der Waals surface area contributed by atoms with E-state index >= 15 is 0 Å². The van der Waals surface area contributed by atoms with Gasteiger partial charge in [-0.2, -0.15) is 0 Å². The number of anilines is 1. The summed E-state index contributed by atoms with van der Waals surface area (Å²) >= 11 is 6.19. The topological polar surface area (TPSA) is 36.4 Å². The molecule has 3 rings (SSSR count). The highest BCUT2D eigenvalue weighted by Gasteiger charge is 2.23. The molecule has 22 heavy (non-hydrogen) atoms. The van der Waals surface area contributed by atoms with Gasteiger partial charge in [-0.1, -0.05) is 37.3 Å². The molecule has 1 saturated heterocycles. The van der Waals surface area contributed by atoms with Crippen LogP contribution in [0.25, 0.3) is 0 Å². The highest BCUT2D eigenvalue weighted by atomic mass is 35.5. The Balaban J connectivity index is 1.46. The van der Waals surface area contributed by atoms with Crippen molar-refractivity contribution in [3.8, 4) is 0 Å². The average molecular weight is 322 g/mol. The Kier molecular flexibility index (Phi) is 5.19. The molecule has 1 aliphatic heterocycles. The van der Waals surface area contributed by atoms with Crippen molar-refractivity contribution in [2.45, 2.75) is 38.5 Å². The Hall–Kier alpha value is -1.29. The average Bonchev–Trinajstić information content (AvgIpc) is 3.07. The van der Waals surface area contributed by atoms with Crippen LogP contribution in [0, 0.1) is 5.92 Å². The molecule has 1 aromatic heterocycles. The highest BCUT2D eigenvalue weighted by molar-refractivity contribution is 6.33. The van der Waals surface area contributed by atoms with Crippen LogP contribution in [0.2, 0.25) is 5.02 Å². The van der Waals surface area contributed by atoms with E-state index in [1.165, 1.54) is 25.7 Å². The van der Waals surface area contributed by atoms with Crippen molar-refractivity contribution in [1.29, 1.82) is 0 Å². The maximum atomic E-state index is 12.3. The first-order chi connectivity index (χ1) is 10.7. The lowest BCUT2D eigenvalue weighted by atomic mass is 10.0. The molecule has 0 radical (unpaired) electrons. The van der Waals surface area contributed by atoms with Crippen LogP contribution in [-0.4, -0.2) is 42.0 Å². The predicted molar refractivity (Wildman–Crippen MR) is 89.2 cm³/mol. The maximum Gasteiger partial charge on any atom is 0.222 e. The number of rotatable bonds is 4. The lowest BCUT2D eigenvalue weighted by molar-refractivity contribution is -0.131. The molecule has 5 heteroatoms. The summed E-state index contributed by atoms with van der Waals surface area (Å²) in [4.78, 5) is 20.6. The van der Waals surface area contributed by atoms with Crippen molar-refractivity contribution in [3.63, 3.8) is 0 Å². The van der Waals surface area contributed by atoms with Crippen molar-refractivity contribution >= 4 is 23.2 Å². The molecule has 0 bridgehead atoms. The first-order valence-corrected chi connectivity index (χ1v) is 8.74. The van der Waals surface area contributed by atoms with Gasteiger partial charge < -0.3 is 9.80 Å². The summed E-state index contributed by atoms with van der Waals surface area (Å²) in [6.45, 7) is 3.28. The fourth-order valence-electron chi connectivity index (χ4n) is 3.61. The number of pyridine rings is 1. The van der Waals surface area contributed by atoms with E-state index in [0.29, 0.717) is 10.9 Å². The molecule has 0 N–H and O–H groups in total. The van der Waals surface area contributed by atoms with Crippen molar-refractivity contribution in [2.24, 2.45) is 5.92 Å². The number of hydrogen-bond donors (Lipinski definition) is 0. The molecule has 0 unspecified atom stereocenters. The standard InChI is InChI=1S/C17H24ClN3O/c18-15-13-19-8-7-16(15)20-9-11-21(12-10-20)17(22)6-5-14-3-1-2-4-14/h7-8,13-14H,1-6,9-12H2. The number of carbonyl (C=O) groups excluding carboxylic acids is 1. The van der Waals surface area contributed by atoms with Gasteiger partial charge in [-0.15, -0.1) is 0 Å². The Labute approximate surface area is 137 Å². The number of piperazine rings is 1. The van der Waals surface area contributed by atoms with E-state index < -0.39 is 0 Å². The molecule has 2 fully saturated rings. The normalized spacial score (nSPS) is 19.7. The summed E-state index contributed by atoms with van der Waals surface area (Å²) < 4.78 is 0. The molecule has 2 heterocycles. The second-order valence-electron chi connectivity index (χ2n) is 6.38. The largest absolute Gasteiger partial charge is 0.367 e.